The fourth-order valence-electron chi connectivity index (χ4n) is 2.38. The van der Waals surface area contributed by atoms with Crippen LogP contribution >= 0.6 is 22.7 Å². The lowest BCUT2D eigenvalue weighted by Gasteiger charge is -2.12. The van der Waals surface area contributed by atoms with E-state index in [-0.39, 0.29) is 16.2 Å². The molecule has 0 fully saturated rings. The van der Waals surface area contributed by atoms with Crippen LogP contribution in [0.25, 0.3) is 0 Å². The molecule has 2 aromatic heterocycles. The van der Waals surface area contributed by atoms with Gasteiger partial charge in [0.05, 0.1) is 4.90 Å². The van der Waals surface area contributed by atoms with Crippen molar-refractivity contribution >= 4 is 43.7 Å². The van der Waals surface area contributed by atoms with Crippen molar-refractivity contribution in [2.75, 3.05) is 11.9 Å². The van der Waals surface area contributed by atoms with Crippen molar-refractivity contribution in [3.63, 3.8) is 0 Å². The predicted molar refractivity (Wildman–Crippen MR) is 116 cm³/mol. The number of thiophene rings is 1. The highest BCUT2D eigenvalue weighted by Gasteiger charge is 2.20. The van der Waals surface area contributed by atoms with Gasteiger partial charge in [-0.3, -0.25) is 10.1 Å². The Bertz CT molecular complexity index is 1070. The number of aromatic nitrogens is 2. The summed E-state index contributed by atoms with van der Waals surface area (Å²) in [6, 6.07) is 9.70. The van der Waals surface area contributed by atoms with Crippen LogP contribution < -0.4 is 10.0 Å². The van der Waals surface area contributed by atoms with Gasteiger partial charge in [0.1, 0.15) is 5.01 Å². The number of nitrogens with one attached hydrogen (secondary N) is 2. The van der Waals surface area contributed by atoms with Gasteiger partial charge in [-0.2, -0.15) is 0 Å². The van der Waals surface area contributed by atoms with Crippen LogP contribution in [0, 0.1) is 0 Å². The van der Waals surface area contributed by atoms with E-state index in [2.05, 4.69) is 20.2 Å². The van der Waals surface area contributed by atoms with Gasteiger partial charge in [0.2, 0.25) is 15.2 Å². The zero-order valence-corrected chi connectivity index (χ0v) is 18.7. The summed E-state index contributed by atoms with van der Waals surface area (Å²) in [5.74, 6) is -0.365. The molecule has 3 aromatic rings. The Hall–Kier alpha value is -2.14. The quantitative estimate of drug-likeness (QED) is 0.572. The SMILES string of the molecule is CC(C)(C)c1nnc(NC(=O)c2ccc(S(=O)(=O)NCCc3cccs3)cc2)s1. The van der Waals surface area contributed by atoms with Crippen molar-refractivity contribution in [3.8, 4) is 0 Å². The number of nitrogens with zero attached hydrogens (tertiary/aromatic N) is 2. The third-order valence-corrected chi connectivity index (χ3v) is 7.63. The number of hydrogen-bond donors (Lipinski definition) is 2. The Morgan fingerprint density at radius 3 is 2.41 bits per heavy atom. The molecule has 0 atom stereocenters. The lowest BCUT2D eigenvalue weighted by molar-refractivity contribution is 0.102. The second-order valence-corrected chi connectivity index (χ2v) is 11.1. The van der Waals surface area contributed by atoms with Gasteiger partial charge in [-0.25, -0.2) is 13.1 Å². The molecule has 0 aliphatic rings. The summed E-state index contributed by atoms with van der Waals surface area (Å²) in [6.07, 6.45) is 0.635. The molecule has 0 radical (unpaired) electrons. The molecule has 2 heterocycles. The molecule has 0 aliphatic heterocycles. The summed E-state index contributed by atoms with van der Waals surface area (Å²) in [5.41, 5.74) is 0.197. The summed E-state index contributed by atoms with van der Waals surface area (Å²) < 4.78 is 27.4. The summed E-state index contributed by atoms with van der Waals surface area (Å²) in [6.45, 7) is 6.38. The van der Waals surface area contributed by atoms with E-state index in [1.165, 1.54) is 35.6 Å². The van der Waals surface area contributed by atoms with Gasteiger partial charge < -0.3 is 0 Å². The Morgan fingerprint density at radius 2 is 1.83 bits per heavy atom. The lowest BCUT2D eigenvalue weighted by atomic mass is 9.98. The Balaban J connectivity index is 1.61. The molecule has 0 aliphatic carbocycles. The van der Waals surface area contributed by atoms with Crippen LogP contribution in [0.5, 0.6) is 0 Å². The first kappa shape index (κ1) is 21.6. The number of carbonyl (C=O) groups is 1. The van der Waals surface area contributed by atoms with Crippen LogP contribution in [0.4, 0.5) is 5.13 Å². The van der Waals surface area contributed by atoms with Gasteiger partial charge in [-0.05, 0) is 42.1 Å². The van der Waals surface area contributed by atoms with Crippen molar-refractivity contribution in [2.45, 2.75) is 37.5 Å². The fourth-order valence-corrected chi connectivity index (χ4v) is 4.92. The minimum atomic E-state index is -3.63. The average molecular weight is 451 g/mol. The Morgan fingerprint density at radius 1 is 1.10 bits per heavy atom. The van der Waals surface area contributed by atoms with Crippen molar-refractivity contribution in [1.82, 2.24) is 14.9 Å². The third-order valence-electron chi connectivity index (χ3n) is 3.96. The van der Waals surface area contributed by atoms with Crippen molar-refractivity contribution in [3.05, 3.63) is 57.2 Å². The molecule has 154 valence electrons. The van der Waals surface area contributed by atoms with Gasteiger partial charge in [0, 0.05) is 22.4 Å². The molecule has 2 N–H and O–H groups in total. The van der Waals surface area contributed by atoms with E-state index in [1.54, 1.807) is 11.3 Å². The number of amides is 1. The maximum Gasteiger partial charge on any atom is 0.257 e. The fraction of sp³-hybridized carbons (Fsp3) is 0.316. The van der Waals surface area contributed by atoms with Crippen LogP contribution in [0.15, 0.2) is 46.7 Å². The van der Waals surface area contributed by atoms with E-state index < -0.39 is 10.0 Å². The maximum absolute atomic E-state index is 12.4. The van der Waals surface area contributed by atoms with Crippen LogP contribution in [-0.2, 0) is 21.9 Å². The minimum Gasteiger partial charge on any atom is -0.296 e. The number of carbonyl (C=O) groups excluding carboxylic acids is 1. The van der Waals surface area contributed by atoms with Gasteiger partial charge in [0.15, 0.2) is 0 Å². The van der Waals surface area contributed by atoms with E-state index in [9.17, 15) is 13.2 Å². The van der Waals surface area contributed by atoms with Gasteiger partial charge in [-0.1, -0.05) is 38.2 Å². The number of sulfonamides is 1. The molecule has 0 spiro atoms. The zero-order chi connectivity index (χ0) is 21.1. The van der Waals surface area contributed by atoms with Crippen LogP contribution in [-0.4, -0.2) is 31.1 Å². The van der Waals surface area contributed by atoms with Crippen LogP contribution in [0.1, 0.15) is 41.0 Å². The largest absolute Gasteiger partial charge is 0.296 e. The van der Waals surface area contributed by atoms with E-state index in [0.717, 1.165) is 9.88 Å². The number of benzene rings is 1. The highest BCUT2D eigenvalue weighted by atomic mass is 32.2. The number of hydrogen-bond acceptors (Lipinski definition) is 7. The predicted octanol–water partition coefficient (Wildman–Crippen LogP) is 3.67. The average Bonchev–Trinajstić information content (AvgIpc) is 3.33. The molecule has 0 bridgehead atoms. The molecule has 0 saturated heterocycles. The van der Waals surface area contributed by atoms with E-state index in [1.807, 2.05) is 38.3 Å². The molecule has 1 aromatic carbocycles. The first-order valence-electron chi connectivity index (χ1n) is 8.92. The molecule has 0 unspecified atom stereocenters. The molecular weight excluding hydrogens is 428 g/mol. The topological polar surface area (TPSA) is 101 Å². The summed E-state index contributed by atoms with van der Waals surface area (Å²) in [5, 5.41) is 14.0. The monoisotopic (exact) mass is 450 g/mol. The highest BCUT2D eigenvalue weighted by molar-refractivity contribution is 7.89. The van der Waals surface area contributed by atoms with Crippen molar-refractivity contribution in [1.29, 1.82) is 0 Å². The van der Waals surface area contributed by atoms with Crippen molar-refractivity contribution in [2.24, 2.45) is 0 Å². The first-order chi connectivity index (χ1) is 13.6. The molecule has 7 nitrogen and oxygen atoms in total. The highest BCUT2D eigenvalue weighted by Crippen LogP contribution is 2.28. The van der Waals surface area contributed by atoms with E-state index in [4.69, 9.17) is 0 Å². The number of anilines is 1. The van der Waals surface area contributed by atoms with Crippen molar-refractivity contribution < 1.29 is 13.2 Å². The molecule has 3 rings (SSSR count). The molecule has 29 heavy (non-hydrogen) atoms. The number of rotatable bonds is 7. The normalized spacial score (nSPS) is 12.1. The van der Waals surface area contributed by atoms with Gasteiger partial charge >= 0.3 is 0 Å². The summed E-state index contributed by atoms with van der Waals surface area (Å²) >= 11 is 2.91. The van der Waals surface area contributed by atoms with Crippen LogP contribution in [0.2, 0.25) is 0 Å². The second kappa shape index (κ2) is 8.70. The summed E-state index contributed by atoms with van der Waals surface area (Å²) in [7, 11) is -3.63. The molecule has 10 heteroatoms. The Kier molecular flexibility index (Phi) is 6.47. The first-order valence-corrected chi connectivity index (χ1v) is 12.1. The molecule has 1 amide bonds. The second-order valence-electron chi connectivity index (χ2n) is 7.37. The Labute approximate surface area is 178 Å². The molecular formula is C19H22N4O3S3. The zero-order valence-electron chi connectivity index (χ0n) is 16.3. The lowest BCUT2D eigenvalue weighted by Crippen LogP contribution is -2.26. The van der Waals surface area contributed by atoms with E-state index >= 15 is 0 Å². The standard InChI is InChI=1S/C19H22N4O3S3/c1-19(2,3)17-22-23-18(28-17)21-16(24)13-6-8-15(9-7-13)29(25,26)20-11-10-14-5-4-12-27-14/h4-9,12,20H,10-11H2,1-3H3,(H,21,23,24). The third kappa shape index (κ3) is 5.69. The minimum absolute atomic E-state index is 0.117. The van der Waals surface area contributed by atoms with Gasteiger partial charge in [0.25, 0.3) is 5.91 Å². The maximum atomic E-state index is 12.4. The van der Waals surface area contributed by atoms with Crippen LogP contribution in [0.3, 0.4) is 0 Å². The smallest absolute Gasteiger partial charge is 0.257 e. The summed E-state index contributed by atoms with van der Waals surface area (Å²) in [4.78, 5) is 13.6. The van der Waals surface area contributed by atoms with E-state index in [0.29, 0.717) is 23.7 Å². The van der Waals surface area contributed by atoms with Gasteiger partial charge in [-0.15, -0.1) is 21.5 Å². The molecule has 0 saturated carbocycles.